The van der Waals surface area contributed by atoms with E-state index in [1.54, 1.807) is 0 Å². The smallest absolute Gasteiger partial charge is 0.291 e. The monoisotopic (exact) mass is 282 g/mol. The summed E-state index contributed by atoms with van der Waals surface area (Å²) in [6, 6.07) is 0. The van der Waals surface area contributed by atoms with Gasteiger partial charge in [0.2, 0.25) is 5.82 Å². The molecule has 19 heavy (non-hydrogen) atoms. The fourth-order valence-corrected chi connectivity index (χ4v) is 3.34. The van der Waals surface area contributed by atoms with E-state index < -0.39 is 0 Å². The molecule has 0 aromatic carbocycles. The van der Waals surface area contributed by atoms with Crippen LogP contribution in [-0.4, -0.2) is 38.6 Å². The second-order valence-corrected chi connectivity index (χ2v) is 6.75. The third-order valence-electron chi connectivity index (χ3n) is 3.77. The third-order valence-corrected chi connectivity index (χ3v) is 5.19. The molecular weight excluding hydrogens is 260 g/mol. The van der Waals surface area contributed by atoms with Crippen LogP contribution in [-0.2, 0) is 0 Å². The van der Waals surface area contributed by atoms with Crippen LogP contribution in [0.15, 0.2) is 0 Å². The summed E-state index contributed by atoms with van der Waals surface area (Å²) in [5.41, 5.74) is 0. The lowest BCUT2D eigenvalue weighted by atomic mass is 10.1. The van der Waals surface area contributed by atoms with Crippen molar-refractivity contribution in [3.05, 3.63) is 11.6 Å². The maximum atomic E-state index is 12.0. The van der Waals surface area contributed by atoms with Crippen molar-refractivity contribution in [3.8, 4) is 0 Å². The zero-order chi connectivity index (χ0) is 13.9. The summed E-state index contributed by atoms with van der Waals surface area (Å²) < 4.78 is 0.215. The first-order valence-corrected chi connectivity index (χ1v) is 8.04. The van der Waals surface area contributed by atoms with Crippen molar-refractivity contribution < 1.29 is 4.79 Å². The first-order valence-electron chi connectivity index (χ1n) is 6.82. The minimum absolute atomic E-state index is 0.177. The largest absolute Gasteiger partial charge is 0.348 e. The van der Waals surface area contributed by atoms with Crippen molar-refractivity contribution in [2.24, 2.45) is 0 Å². The van der Waals surface area contributed by atoms with E-state index in [0.29, 0.717) is 6.54 Å². The standard InChI is InChI=1S/C13H22N4OS/c1-9(2)10-15-11(17-16-10)12(18)14-8-13(19-3)6-4-5-7-13/h9H,4-8H2,1-3H3,(H,14,18)(H,15,16,17). The van der Waals surface area contributed by atoms with Crippen LogP contribution in [0.2, 0.25) is 0 Å². The van der Waals surface area contributed by atoms with E-state index >= 15 is 0 Å². The number of aromatic amines is 1. The van der Waals surface area contributed by atoms with Gasteiger partial charge in [0.25, 0.3) is 5.91 Å². The van der Waals surface area contributed by atoms with Gasteiger partial charge < -0.3 is 5.32 Å². The SMILES string of the molecule is CSC1(CNC(=O)c2n[nH]c(C(C)C)n2)CCCC1. The number of amides is 1. The molecule has 106 valence electrons. The van der Waals surface area contributed by atoms with Crippen LogP contribution in [0.3, 0.4) is 0 Å². The molecule has 0 atom stereocenters. The molecule has 1 fully saturated rings. The van der Waals surface area contributed by atoms with Gasteiger partial charge in [0.05, 0.1) is 0 Å². The molecule has 2 rings (SSSR count). The molecule has 1 aromatic heterocycles. The second-order valence-electron chi connectivity index (χ2n) is 5.48. The highest BCUT2D eigenvalue weighted by Gasteiger charge is 2.33. The summed E-state index contributed by atoms with van der Waals surface area (Å²) in [7, 11) is 0. The van der Waals surface area contributed by atoms with Gasteiger partial charge in [0.15, 0.2) is 0 Å². The zero-order valence-corrected chi connectivity index (χ0v) is 12.6. The molecule has 6 heteroatoms. The van der Waals surface area contributed by atoms with E-state index in [4.69, 9.17) is 0 Å². The molecule has 1 aliphatic rings. The van der Waals surface area contributed by atoms with Crippen molar-refractivity contribution in [1.82, 2.24) is 20.5 Å². The molecule has 2 N–H and O–H groups in total. The summed E-state index contributed by atoms with van der Waals surface area (Å²) in [5, 5.41) is 9.77. The van der Waals surface area contributed by atoms with Gasteiger partial charge >= 0.3 is 0 Å². The first kappa shape index (κ1) is 14.4. The summed E-state index contributed by atoms with van der Waals surface area (Å²) in [6.07, 6.45) is 7.00. The Labute approximate surface area is 118 Å². The Balaban J connectivity index is 1.93. The highest BCUT2D eigenvalue weighted by Crippen LogP contribution is 2.39. The van der Waals surface area contributed by atoms with E-state index in [1.165, 1.54) is 25.7 Å². The van der Waals surface area contributed by atoms with Gasteiger partial charge in [-0.2, -0.15) is 11.8 Å². The predicted molar refractivity (Wildman–Crippen MR) is 77.5 cm³/mol. The fourth-order valence-electron chi connectivity index (χ4n) is 2.43. The highest BCUT2D eigenvalue weighted by atomic mass is 32.2. The lowest BCUT2D eigenvalue weighted by molar-refractivity contribution is 0.0939. The normalized spacial score (nSPS) is 17.9. The minimum atomic E-state index is -0.177. The molecule has 0 aliphatic heterocycles. The molecule has 0 radical (unpaired) electrons. The van der Waals surface area contributed by atoms with Gasteiger partial charge in [-0.25, -0.2) is 4.98 Å². The highest BCUT2D eigenvalue weighted by molar-refractivity contribution is 8.00. The van der Waals surface area contributed by atoms with Crippen molar-refractivity contribution in [2.75, 3.05) is 12.8 Å². The van der Waals surface area contributed by atoms with Crippen LogP contribution < -0.4 is 5.32 Å². The molecule has 1 aliphatic carbocycles. The number of nitrogens with one attached hydrogen (secondary N) is 2. The molecular formula is C13H22N4OS. The number of hydrogen-bond donors (Lipinski definition) is 2. The summed E-state index contributed by atoms with van der Waals surface area (Å²) in [5.74, 6) is 1.08. The molecule has 0 spiro atoms. The Morgan fingerprint density at radius 3 is 2.68 bits per heavy atom. The molecule has 1 heterocycles. The minimum Gasteiger partial charge on any atom is -0.348 e. The number of thioether (sulfide) groups is 1. The van der Waals surface area contributed by atoms with Gasteiger partial charge in [-0.3, -0.25) is 9.89 Å². The lowest BCUT2D eigenvalue weighted by Crippen LogP contribution is -2.38. The molecule has 0 bridgehead atoms. The average Bonchev–Trinajstić information content (AvgIpc) is 3.06. The van der Waals surface area contributed by atoms with Crippen LogP contribution in [0.1, 0.15) is 61.9 Å². The second kappa shape index (κ2) is 5.94. The number of aromatic nitrogens is 3. The Bertz CT molecular complexity index is 438. The molecule has 1 aromatic rings. The fraction of sp³-hybridized carbons (Fsp3) is 0.769. The average molecular weight is 282 g/mol. The van der Waals surface area contributed by atoms with Crippen LogP contribution in [0.5, 0.6) is 0 Å². The Hall–Kier alpha value is -1.04. The molecule has 1 saturated carbocycles. The number of nitrogens with zero attached hydrogens (tertiary/aromatic N) is 2. The number of hydrogen-bond acceptors (Lipinski definition) is 4. The van der Waals surface area contributed by atoms with E-state index in [2.05, 4.69) is 26.8 Å². The van der Waals surface area contributed by atoms with Crippen molar-refractivity contribution >= 4 is 17.7 Å². The van der Waals surface area contributed by atoms with Gasteiger partial charge in [-0.05, 0) is 19.1 Å². The maximum absolute atomic E-state index is 12.0. The van der Waals surface area contributed by atoms with Crippen molar-refractivity contribution in [3.63, 3.8) is 0 Å². The molecule has 1 amide bonds. The summed E-state index contributed by atoms with van der Waals surface area (Å²) in [4.78, 5) is 16.2. The number of H-pyrrole nitrogens is 1. The van der Waals surface area contributed by atoms with E-state index in [9.17, 15) is 4.79 Å². The number of carbonyl (C=O) groups is 1. The molecule has 0 unspecified atom stereocenters. The Kier molecular flexibility index (Phi) is 4.50. The van der Waals surface area contributed by atoms with Crippen LogP contribution in [0, 0.1) is 0 Å². The molecule has 0 saturated heterocycles. The quantitative estimate of drug-likeness (QED) is 0.869. The molecule has 5 nitrogen and oxygen atoms in total. The van der Waals surface area contributed by atoms with Crippen LogP contribution in [0.25, 0.3) is 0 Å². The van der Waals surface area contributed by atoms with Gasteiger partial charge in [-0.15, -0.1) is 5.10 Å². The van der Waals surface area contributed by atoms with E-state index in [-0.39, 0.29) is 22.4 Å². The summed E-state index contributed by atoms with van der Waals surface area (Å²) in [6.45, 7) is 4.74. The Morgan fingerprint density at radius 1 is 1.47 bits per heavy atom. The van der Waals surface area contributed by atoms with Gasteiger partial charge in [0, 0.05) is 17.2 Å². The zero-order valence-electron chi connectivity index (χ0n) is 11.8. The van der Waals surface area contributed by atoms with Gasteiger partial charge in [0.1, 0.15) is 5.82 Å². The predicted octanol–water partition coefficient (Wildman–Crippen LogP) is 2.33. The lowest BCUT2D eigenvalue weighted by Gasteiger charge is -2.26. The maximum Gasteiger partial charge on any atom is 0.291 e. The third kappa shape index (κ3) is 3.29. The number of rotatable bonds is 5. The van der Waals surface area contributed by atoms with Crippen LogP contribution >= 0.6 is 11.8 Å². The van der Waals surface area contributed by atoms with E-state index in [1.807, 2.05) is 25.6 Å². The van der Waals surface area contributed by atoms with Gasteiger partial charge in [-0.1, -0.05) is 26.7 Å². The number of carbonyl (C=O) groups excluding carboxylic acids is 1. The first-order chi connectivity index (χ1) is 9.06. The van der Waals surface area contributed by atoms with Crippen molar-refractivity contribution in [2.45, 2.75) is 50.2 Å². The topological polar surface area (TPSA) is 70.7 Å². The summed E-state index contributed by atoms with van der Waals surface area (Å²) >= 11 is 1.86. The van der Waals surface area contributed by atoms with Crippen molar-refractivity contribution in [1.29, 1.82) is 0 Å². The van der Waals surface area contributed by atoms with E-state index in [0.717, 1.165) is 5.82 Å². The Morgan fingerprint density at radius 2 is 2.16 bits per heavy atom. The van der Waals surface area contributed by atoms with Crippen LogP contribution in [0.4, 0.5) is 0 Å².